The molecule has 17 heavy (non-hydrogen) atoms. The smallest absolute Gasteiger partial charge is 0.224 e. The van der Waals surface area contributed by atoms with Gasteiger partial charge in [-0.3, -0.25) is 9.59 Å². The fourth-order valence-electron chi connectivity index (χ4n) is 2.08. The van der Waals surface area contributed by atoms with Crippen molar-refractivity contribution in [2.45, 2.75) is 19.3 Å². The van der Waals surface area contributed by atoms with E-state index < -0.39 is 0 Å². The van der Waals surface area contributed by atoms with Crippen LogP contribution in [0.5, 0.6) is 0 Å². The van der Waals surface area contributed by atoms with Crippen molar-refractivity contribution in [3.63, 3.8) is 0 Å². The van der Waals surface area contributed by atoms with Crippen molar-refractivity contribution in [3.05, 3.63) is 0 Å². The van der Waals surface area contributed by atoms with Crippen molar-refractivity contribution < 1.29 is 9.59 Å². The SMILES string of the molecule is NCCNC(=O)C1CCCN(CCC(N)=O)C1. The summed E-state index contributed by atoms with van der Waals surface area (Å²) in [6.07, 6.45) is 2.25. The summed E-state index contributed by atoms with van der Waals surface area (Å²) in [6.45, 7) is 3.29. The molecule has 0 aromatic carbocycles. The van der Waals surface area contributed by atoms with E-state index in [-0.39, 0.29) is 17.7 Å². The van der Waals surface area contributed by atoms with E-state index in [9.17, 15) is 9.59 Å². The molecule has 1 atom stereocenters. The number of hydrogen-bond acceptors (Lipinski definition) is 4. The Labute approximate surface area is 102 Å². The molecule has 1 saturated heterocycles. The number of primary amides is 1. The van der Waals surface area contributed by atoms with Gasteiger partial charge in [0, 0.05) is 32.6 Å². The zero-order chi connectivity index (χ0) is 12.7. The molecule has 0 radical (unpaired) electrons. The van der Waals surface area contributed by atoms with E-state index >= 15 is 0 Å². The molecule has 1 unspecified atom stereocenters. The van der Waals surface area contributed by atoms with Gasteiger partial charge in [0.05, 0.1) is 5.92 Å². The first-order valence-corrected chi connectivity index (χ1v) is 6.12. The van der Waals surface area contributed by atoms with Gasteiger partial charge in [-0.15, -0.1) is 0 Å². The van der Waals surface area contributed by atoms with E-state index in [4.69, 9.17) is 11.5 Å². The molecule has 0 spiro atoms. The van der Waals surface area contributed by atoms with Crippen molar-refractivity contribution in [1.82, 2.24) is 10.2 Å². The third-order valence-corrected chi connectivity index (χ3v) is 2.99. The third kappa shape index (κ3) is 5.14. The molecule has 1 heterocycles. The summed E-state index contributed by atoms with van der Waals surface area (Å²) in [5.74, 6) is -0.206. The second-order valence-corrected chi connectivity index (χ2v) is 4.44. The molecule has 2 amide bonds. The van der Waals surface area contributed by atoms with Crippen molar-refractivity contribution in [3.8, 4) is 0 Å². The second-order valence-electron chi connectivity index (χ2n) is 4.44. The maximum atomic E-state index is 11.8. The molecule has 0 aliphatic carbocycles. The average Bonchev–Trinajstić information content (AvgIpc) is 2.33. The Morgan fingerprint density at radius 3 is 2.82 bits per heavy atom. The molecule has 1 fully saturated rings. The molecule has 0 bridgehead atoms. The van der Waals surface area contributed by atoms with E-state index in [1.54, 1.807) is 0 Å². The highest BCUT2D eigenvalue weighted by Crippen LogP contribution is 2.16. The number of amides is 2. The topological polar surface area (TPSA) is 101 Å². The Kier molecular flexibility index (Phi) is 5.93. The van der Waals surface area contributed by atoms with Gasteiger partial charge in [-0.1, -0.05) is 0 Å². The lowest BCUT2D eigenvalue weighted by Gasteiger charge is -2.31. The van der Waals surface area contributed by atoms with Crippen LogP contribution in [0.2, 0.25) is 0 Å². The summed E-state index contributed by atoms with van der Waals surface area (Å²) in [4.78, 5) is 24.6. The Morgan fingerprint density at radius 2 is 2.18 bits per heavy atom. The zero-order valence-electron chi connectivity index (χ0n) is 10.2. The Balaban J connectivity index is 2.32. The predicted molar refractivity (Wildman–Crippen MR) is 65.0 cm³/mol. The van der Waals surface area contributed by atoms with Gasteiger partial charge in [0.2, 0.25) is 11.8 Å². The Hall–Kier alpha value is -1.14. The molecule has 6 heteroatoms. The highest BCUT2D eigenvalue weighted by molar-refractivity contribution is 5.79. The van der Waals surface area contributed by atoms with E-state index in [2.05, 4.69) is 10.2 Å². The lowest BCUT2D eigenvalue weighted by molar-refractivity contribution is -0.126. The molecule has 1 aliphatic rings. The number of rotatable bonds is 6. The minimum absolute atomic E-state index is 0.0168. The van der Waals surface area contributed by atoms with Gasteiger partial charge in [-0.2, -0.15) is 0 Å². The molecule has 0 aromatic heterocycles. The van der Waals surface area contributed by atoms with Crippen molar-refractivity contribution in [2.24, 2.45) is 17.4 Å². The van der Waals surface area contributed by atoms with Crippen LogP contribution >= 0.6 is 0 Å². The number of carbonyl (C=O) groups is 2. The molecule has 1 aliphatic heterocycles. The normalized spacial score (nSPS) is 21.1. The number of hydrogen-bond donors (Lipinski definition) is 3. The maximum absolute atomic E-state index is 11.8. The fourth-order valence-corrected chi connectivity index (χ4v) is 2.08. The van der Waals surface area contributed by atoms with Crippen molar-refractivity contribution >= 4 is 11.8 Å². The van der Waals surface area contributed by atoms with Crippen LogP contribution in [-0.4, -0.2) is 49.4 Å². The lowest BCUT2D eigenvalue weighted by Crippen LogP contribution is -2.44. The standard InChI is InChI=1S/C11H22N4O2/c12-4-5-14-11(17)9-2-1-6-15(8-9)7-3-10(13)16/h9H,1-8,12H2,(H2,13,16)(H,14,17). The summed E-state index contributed by atoms with van der Waals surface area (Å²) >= 11 is 0. The highest BCUT2D eigenvalue weighted by atomic mass is 16.2. The Morgan fingerprint density at radius 1 is 1.41 bits per heavy atom. The quantitative estimate of drug-likeness (QED) is 0.536. The molecule has 0 saturated carbocycles. The van der Waals surface area contributed by atoms with E-state index in [0.717, 1.165) is 19.4 Å². The van der Waals surface area contributed by atoms with Gasteiger partial charge in [0.1, 0.15) is 0 Å². The van der Waals surface area contributed by atoms with Crippen LogP contribution < -0.4 is 16.8 Å². The first kappa shape index (κ1) is 13.9. The summed E-state index contributed by atoms with van der Waals surface area (Å²) in [5.41, 5.74) is 10.4. The van der Waals surface area contributed by atoms with E-state index in [1.165, 1.54) is 0 Å². The minimum atomic E-state index is -0.292. The molecule has 5 N–H and O–H groups in total. The number of likely N-dealkylation sites (tertiary alicyclic amines) is 1. The lowest BCUT2D eigenvalue weighted by atomic mass is 9.97. The molecule has 98 valence electrons. The van der Waals surface area contributed by atoms with Gasteiger partial charge in [-0.25, -0.2) is 0 Å². The number of carbonyl (C=O) groups excluding carboxylic acids is 2. The number of nitrogens with one attached hydrogen (secondary N) is 1. The number of nitrogens with two attached hydrogens (primary N) is 2. The summed E-state index contributed by atoms with van der Waals surface area (Å²) in [5, 5.41) is 2.81. The molecule has 0 aromatic rings. The van der Waals surface area contributed by atoms with Gasteiger partial charge in [-0.05, 0) is 19.4 Å². The van der Waals surface area contributed by atoms with Gasteiger partial charge in [0.15, 0.2) is 0 Å². The molecule has 1 rings (SSSR count). The summed E-state index contributed by atoms with van der Waals surface area (Å²) < 4.78 is 0. The van der Waals surface area contributed by atoms with Crippen LogP contribution in [0.25, 0.3) is 0 Å². The monoisotopic (exact) mass is 242 g/mol. The third-order valence-electron chi connectivity index (χ3n) is 2.99. The maximum Gasteiger partial charge on any atom is 0.224 e. The van der Waals surface area contributed by atoms with Crippen molar-refractivity contribution in [2.75, 3.05) is 32.7 Å². The average molecular weight is 242 g/mol. The summed E-state index contributed by atoms with van der Waals surface area (Å²) in [6, 6.07) is 0. The number of piperidine rings is 1. The molecular weight excluding hydrogens is 220 g/mol. The van der Waals surface area contributed by atoms with Crippen LogP contribution in [0.1, 0.15) is 19.3 Å². The van der Waals surface area contributed by atoms with Crippen LogP contribution in [0, 0.1) is 5.92 Å². The fraction of sp³-hybridized carbons (Fsp3) is 0.818. The van der Waals surface area contributed by atoms with Crippen molar-refractivity contribution in [1.29, 1.82) is 0 Å². The van der Waals surface area contributed by atoms with E-state index in [0.29, 0.717) is 32.6 Å². The second kappa shape index (κ2) is 7.24. The van der Waals surface area contributed by atoms with E-state index in [1.807, 2.05) is 0 Å². The first-order chi connectivity index (χ1) is 8.13. The number of nitrogens with zero attached hydrogens (tertiary/aromatic N) is 1. The van der Waals surface area contributed by atoms with Gasteiger partial charge >= 0.3 is 0 Å². The van der Waals surface area contributed by atoms with Gasteiger partial charge in [0.25, 0.3) is 0 Å². The van der Waals surface area contributed by atoms with Gasteiger partial charge < -0.3 is 21.7 Å². The first-order valence-electron chi connectivity index (χ1n) is 6.12. The zero-order valence-corrected chi connectivity index (χ0v) is 10.2. The molecule has 6 nitrogen and oxygen atoms in total. The van der Waals surface area contributed by atoms with Crippen LogP contribution in [0.4, 0.5) is 0 Å². The predicted octanol–water partition coefficient (Wildman–Crippen LogP) is -1.35. The highest BCUT2D eigenvalue weighted by Gasteiger charge is 2.25. The Bertz CT molecular complexity index is 270. The minimum Gasteiger partial charge on any atom is -0.370 e. The van der Waals surface area contributed by atoms with Crippen LogP contribution in [0.3, 0.4) is 0 Å². The van der Waals surface area contributed by atoms with Crippen LogP contribution in [-0.2, 0) is 9.59 Å². The summed E-state index contributed by atoms with van der Waals surface area (Å²) in [7, 11) is 0. The molecular formula is C11H22N4O2. The largest absolute Gasteiger partial charge is 0.370 e. The van der Waals surface area contributed by atoms with Crippen LogP contribution in [0.15, 0.2) is 0 Å².